The minimum absolute atomic E-state index is 0.0963. The van der Waals surface area contributed by atoms with Crippen molar-refractivity contribution in [1.82, 2.24) is 5.16 Å². The number of nitrogens with one attached hydrogen (secondary N) is 1. The van der Waals surface area contributed by atoms with Crippen molar-refractivity contribution < 1.29 is 13.7 Å². The van der Waals surface area contributed by atoms with Gasteiger partial charge in [-0.25, -0.2) is 4.39 Å². The van der Waals surface area contributed by atoms with Crippen LogP contribution in [0.4, 0.5) is 10.2 Å². The molecule has 6 heteroatoms. The van der Waals surface area contributed by atoms with Gasteiger partial charge in [0.1, 0.15) is 11.6 Å². The van der Waals surface area contributed by atoms with Gasteiger partial charge in [0, 0.05) is 16.9 Å². The first kappa shape index (κ1) is 14.6. The normalized spacial score (nSPS) is 12.2. The quantitative estimate of drug-likeness (QED) is 0.916. The maximum atomic E-state index is 13.6. The Kier molecular flexibility index (Phi) is 4.79. The van der Waals surface area contributed by atoms with Crippen LogP contribution in [-0.2, 0) is 4.79 Å². The van der Waals surface area contributed by atoms with Crippen LogP contribution in [0.15, 0.2) is 34.9 Å². The maximum absolute atomic E-state index is 13.6. The van der Waals surface area contributed by atoms with Crippen molar-refractivity contribution in [3.63, 3.8) is 0 Å². The summed E-state index contributed by atoms with van der Waals surface area (Å²) in [7, 11) is 0. The van der Waals surface area contributed by atoms with Gasteiger partial charge in [-0.3, -0.25) is 4.79 Å². The molecule has 1 amide bonds. The third-order valence-corrected chi connectivity index (χ3v) is 3.89. The van der Waals surface area contributed by atoms with Gasteiger partial charge in [0.25, 0.3) is 0 Å². The fourth-order valence-corrected chi connectivity index (χ4v) is 2.54. The number of carbonyl (C=O) groups is 1. The molecule has 1 aromatic carbocycles. The SMILES string of the molecule is Cc1cc(NC(=O)CS[C@H](C)c2ccccc2F)no1. The number of halogens is 1. The van der Waals surface area contributed by atoms with E-state index >= 15 is 0 Å². The average Bonchev–Trinajstić information content (AvgIpc) is 2.82. The average molecular weight is 294 g/mol. The van der Waals surface area contributed by atoms with Gasteiger partial charge in [0.15, 0.2) is 5.82 Å². The molecule has 0 saturated heterocycles. The Labute approximate surface area is 120 Å². The number of benzene rings is 1. The summed E-state index contributed by atoms with van der Waals surface area (Å²) in [5.74, 6) is 0.812. The fraction of sp³-hybridized carbons (Fsp3) is 0.286. The standard InChI is InChI=1S/C14H15FN2O2S/c1-9-7-13(17-19-9)16-14(18)8-20-10(2)11-5-3-4-6-12(11)15/h3-7,10H,8H2,1-2H3,(H,16,17,18)/t10-/m1/s1. The molecule has 2 rings (SSSR count). The van der Waals surface area contributed by atoms with Gasteiger partial charge in [0.2, 0.25) is 5.91 Å². The van der Waals surface area contributed by atoms with Crippen LogP contribution < -0.4 is 5.32 Å². The molecule has 20 heavy (non-hydrogen) atoms. The van der Waals surface area contributed by atoms with Gasteiger partial charge >= 0.3 is 0 Å². The van der Waals surface area contributed by atoms with Gasteiger partial charge in [-0.15, -0.1) is 11.8 Å². The number of aromatic nitrogens is 1. The number of anilines is 1. The molecule has 1 heterocycles. The van der Waals surface area contributed by atoms with Crippen LogP contribution in [0.2, 0.25) is 0 Å². The topological polar surface area (TPSA) is 55.1 Å². The lowest BCUT2D eigenvalue weighted by molar-refractivity contribution is -0.113. The predicted molar refractivity (Wildman–Crippen MR) is 77.1 cm³/mol. The van der Waals surface area contributed by atoms with Crippen molar-refractivity contribution in [1.29, 1.82) is 0 Å². The van der Waals surface area contributed by atoms with Gasteiger partial charge in [-0.05, 0) is 19.9 Å². The lowest BCUT2D eigenvalue weighted by Gasteiger charge is -2.11. The number of carbonyl (C=O) groups excluding carboxylic acids is 1. The van der Waals surface area contributed by atoms with Crippen LogP contribution >= 0.6 is 11.8 Å². The van der Waals surface area contributed by atoms with E-state index in [1.807, 2.05) is 6.92 Å². The zero-order valence-electron chi connectivity index (χ0n) is 11.2. The molecule has 0 radical (unpaired) electrons. The van der Waals surface area contributed by atoms with E-state index in [0.29, 0.717) is 17.1 Å². The lowest BCUT2D eigenvalue weighted by Crippen LogP contribution is -2.15. The van der Waals surface area contributed by atoms with E-state index in [1.54, 1.807) is 31.2 Å². The summed E-state index contributed by atoms with van der Waals surface area (Å²) < 4.78 is 18.4. The summed E-state index contributed by atoms with van der Waals surface area (Å²) in [6.45, 7) is 3.62. The Balaban J connectivity index is 1.85. The van der Waals surface area contributed by atoms with Gasteiger partial charge in [-0.1, -0.05) is 23.4 Å². The van der Waals surface area contributed by atoms with Crippen LogP contribution in [0.25, 0.3) is 0 Å². The molecule has 0 spiro atoms. The lowest BCUT2D eigenvalue weighted by atomic mass is 10.1. The van der Waals surface area contributed by atoms with Crippen LogP contribution in [0.3, 0.4) is 0 Å². The molecule has 0 saturated carbocycles. The summed E-state index contributed by atoms with van der Waals surface area (Å²) in [6, 6.07) is 8.23. The minimum atomic E-state index is -0.250. The zero-order chi connectivity index (χ0) is 14.5. The van der Waals surface area contributed by atoms with Crippen LogP contribution in [0.1, 0.15) is 23.5 Å². The molecule has 1 atom stereocenters. The first-order valence-corrected chi connectivity index (χ1v) is 7.20. The molecule has 1 aromatic heterocycles. The fourth-order valence-electron chi connectivity index (χ4n) is 1.70. The number of nitrogens with zero attached hydrogens (tertiary/aromatic N) is 1. The van der Waals surface area contributed by atoms with Crippen molar-refractivity contribution in [2.75, 3.05) is 11.1 Å². The molecule has 0 aliphatic heterocycles. The molecule has 4 nitrogen and oxygen atoms in total. The maximum Gasteiger partial charge on any atom is 0.235 e. The van der Waals surface area contributed by atoms with E-state index in [4.69, 9.17) is 4.52 Å². The molecule has 0 fully saturated rings. The molecule has 106 valence electrons. The highest BCUT2D eigenvalue weighted by atomic mass is 32.2. The molecule has 1 N–H and O–H groups in total. The summed E-state index contributed by atoms with van der Waals surface area (Å²) in [5.41, 5.74) is 0.600. The molecule has 0 aliphatic rings. The summed E-state index contributed by atoms with van der Waals surface area (Å²) in [6.07, 6.45) is 0. The monoisotopic (exact) mass is 294 g/mol. The number of thioether (sulfide) groups is 1. The molecule has 0 bridgehead atoms. The Morgan fingerprint density at radius 3 is 2.90 bits per heavy atom. The zero-order valence-corrected chi connectivity index (χ0v) is 12.0. The smallest absolute Gasteiger partial charge is 0.235 e. The van der Waals surface area contributed by atoms with Crippen LogP contribution in [0.5, 0.6) is 0 Å². The molecule has 2 aromatic rings. The molecule has 0 unspecified atom stereocenters. The Morgan fingerprint density at radius 2 is 2.25 bits per heavy atom. The predicted octanol–water partition coefficient (Wildman–Crippen LogP) is 3.56. The molecular formula is C14H15FN2O2S. The second kappa shape index (κ2) is 6.56. The van der Waals surface area contributed by atoms with Crippen molar-refractivity contribution >= 4 is 23.5 Å². The van der Waals surface area contributed by atoms with Crippen molar-refractivity contribution in [2.24, 2.45) is 0 Å². The van der Waals surface area contributed by atoms with E-state index in [9.17, 15) is 9.18 Å². The van der Waals surface area contributed by atoms with E-state index in [1.165, 1.54) is 17.8 Å². The Hall–Kier alpha value is -1.82. The second-order valence-corrected chi connectivity index (χ2v) is 5.67. The van der Waals surface area contributed by atoms with E-state index in [2.05, 4.69) is 10.5 Å². The summed E-state index contributed by atoms with van der Waals surface area (Å²) in [5, 5.41) is 6.21. The third-order valence-electron chi connectivity index (χ3n) is 2.70. The first-order valence-electron chi connectivity index (χ1n) is 6.15. The van der Waals surface area contributed by atoms with Gasteiger partial charge < -0.3 is 9.84 Å². The van der Waals surface area contributed by atoms with Gasteiger partial charge in [-0.2, -0.15) is 0 Å². The largest absolute Gasteiger partial charge is 0.360 e. The summed E-state index contributed by atoms with van der Waals surface area (Å²) in [4.78, 5) is 11.7. The number of hydrogen-bond acceptors (Lipinski definition) is 4. The number of hydrogen-bond donors (Lipinski definition) is 1. The molecule has 0 aliphatic carbocycles. The highest BCUT2D eigenvalue weighted by Gasteiger charge is 2.13. The Bertz CT molecular complexity index is 600. The van der Waals surface area contributed by atoms with Crippen molar-refractivity contribution in [2.45, 2.75) is 19.1 Å². The highest BCUT2D eigenvalue weighted by Crippen LogP contribution is 2.29. The van der Waals surface area contributed by atoms with E-state index < -0.39 is 0 Å². The van der Waals surface area contributed by atoms with E-state index in [-0.39, 0.29) is 22.7 Å². The first-order chi connectivity index (χ1) is 9.56. The Morgan fingerprint density at radius 1 is 1.50 bits per heavy atom. The summed E-state index contributed by atoms with van der Waals surface area (Å²) >= 11 is 1.37. The van der Waals surface area contributed by atoms with Crippen molar-refractivity contribution in [3.05, 3.63) is 47.5 Å². The van der Waals surface area contributed by atoms with Gasteiger partial charge in [0.05, 0.1) is 5.75 Å². The van der Waals surface area contributed by atoms with Crippen LogP contribution in [0, 0.1) is 12.7 Å². The van der Waals surface area contributed by atoms with Crippen molar-refractivity contribution in [3.8, 4) is 0 Å². The number of amides is 1. The molecular weight excluding hydrogens is 279 g/mol. The van der Waals surface area contributed by atoms with Crippen LogP contribution in [-0.4, -0.2) is 16.8 Å². The minimum Gasteiger partial charge on any atom is -0.360 e. The number of rotatable bonds is 5. The number of aryl methyl sites for hydroxylation is 1. The third kappa shape index (κ3) is 3.84. The highest BCUT2D eigenvalue weighted by molar-refractivity contribution is 8.00. The van der Waals surface area contributed by atoms with E-state index in [0.717, 1.165) is 0 Å². The second-order valence-electron chi connectivity index (χ2n) is 4.35.